The standard InChI is InChI=1S/C14H18N2O3/c1-16-7-6-11(9-16)13(17)15-12-5-3-4-10(8-12)14(18)19-2/h3-5,8,11H,6-7,9H2,1-2H3,(H,15,17). The van der Waals surface area contributed by atoms with E-state index in [0.717, 1.165) is 19.5 Å². The molecule has 0 radical (unpaired) electrons. The Morgan fingerprint density at radius 1 is 1.42 bits per heavy atom. The maximum Gasteiger partial charge on any atom is 0.337 e. The zero-order chi connectivity index (χ0) is 13.8. The van der Waals surface area contributed by atoms with Crippen molar-refractivity contribution >= 4 is 17.6 Å². The number of carbonyl (C=O) groups is 2. The summed E-state index contributed by atoms with van der Waals surface area (Å²) in [6, 6.07) is 6.78. The van der Waals surface area contributed by atoms with Gasteiger partial charge in [-0.2, -0.15) is 0 Å². The van der Waals surface area contributed by atoms with Gasteiger partial charge in [0.05, 0.1) is 18.6 Å². The Labute approximate surface area is 112 Å². The van der Waals surface area contributed by atoms with Gasteiger partial charge in [-0.3, -0.25) is 4.79 Å². The van der Waals surface area contributed by atoms with Crippen LogP contribution in [0.2, 0.25) is 0 Å². The predicted molar refractivity (Wildman–Crippen MR) is 72.0 cm³/mol. The summed E-state index contributed by atoms with van der Waals surface area (Å²) in [7, 11) is 3.34. The third-order valence-corrected chi connectivity index (χ3v) is 3.31. The summed E-state index contributed by atoms with van der Waals surface area (Å²) >= 11 is 0. The van der Waals surface area contributed by atoms with Gasteiger partial charge in [-0.05, 0) is 38.2 Å². The van der Waals surface area contributed by atoms with Gasteiger partial charge in [-0.15, -0.1) is 0 Å². The zero-order valence-electron chi connectivity index (χ0n) is 11.2. The maximum absolute atomic E-state index is 12.1. The van der Waals surface area contributed by atoms with Gasteiger partial charge in [-0.1, -0.05) is 6.07 Å². The van der Waals surface area contributed by atoms with Gasteiger partial charge in [0.15, 0.2) is 0 Å². The molecule has 2 rings (SSSR count). The van der Waals surface area contributed by atoms with E-state index in [0.29, 0.717) is 11.3 Å². The molecule has 1 amide bonds. The van der Waals surface area contributed by atoms with Crippen molar-refractivity contribution in [2.24, 2.45) is 5.92 Å². The number of nitrogens with zero attached hydrogens (tertiary/aromatic N) is 1. The molecule has 1 saturated heterocycles. The van der Waals surface area contributed by atoms with Crippen molar-refractivity contribution in [1.82, 2.24) is 4.90 Å². The van der Waals surface area contributed by atoms with E-state index in [-0.39, 0.29) is 11.8 Å². The Kier molecular flexibility index (Phi) is 4.16. The summed E-state index contributed by atoms with van der Waals surface area (Å²) in [5, 5.41) is 2.85. The Balaban J connectivity index is 2.03. The molecule has 5 heteroatoms. The molecular formula is C14H18N2O3. The van der Waals surface area contributed by atoms with Crippen LogP contribution in [0.5, 0.6) is 0 Å². The number of rotatable bonds is 3. The summed E-state index contributed by atoms with van der Waals surface area (Å²) < 4.78 is 4.65. The predicted octanol–water partition coefficient (Wildman–Crippen LogP) is 1.36. The number of benzene rings is 1. The first kappa shape index (κ1) is 13.5. The zero-order valence-corrected chi connectivity index (χ0v) is 11.2. The van der Waals surface area contributed by atoms with E-state index in [1.807, 2.05) is 7.05 Å². The van der Waals surface area contributed by atoms with Crippen LogP contribution in [0.3, 0.4) is 0 Å². The van der Waals surface area contributed by atoms with Crippen molar-refractivity contribution in [3.05, 3.63) is 29.8 Å². The van der Waals surface area contributed by atoms with Crippen LogP contribution in [0.25, 0.3) is 0 Å². The fraction of sp³-hybridized carbons (Fsp3) is 0.429. The SMILES string of the molecule is COC(=O)c1cccc(NC(=O)C2CCN(C)C2)c1. The minimum absolute atomic E-state index is 0.00589. The normalized spacial score (nSPS) is 19.2. The lowest BCUT2D eigenvalue weighted by molar-refractivity contribution is -0.119. The Hall–Kier alpha value is -1.88. The highest BCUT2D eigenvalue weighted by Crippen LogP contribution is 2.18. The quantitative estimate of drug-likeness (QED) is 0.836. The molecule has 1 N–H and O–H groups in total. The van der Waals surface area contributed by atoms with E-state index in [9.17, 15) is 9.59 Å². The van der Waals surface area contributed by atoms with Gasteiger partial charge < -0.3 is 15.0 Å². The van der Waals surface area contributed by atoms with Crippen LogP contribution in [0.15, 0.2) is 24.3 Å². The van der Waals surface area contributed by atoms with Crippen LogP contribution in [0.1, 0.15) is 16.8 Å². The van der Waals surface area contributed by atoms with Gasteiger partial charge in [0, 0.05) is 12.2 Å². The maximum atomic E-state index is 12.1. The van der Waals surface area contributed by atoms with Crippen LogP contribution in [0, 0.1) is 5.92 Å². The van der Waals surface area contributed by atoms with E-state index in [2.05, 4.69) is 15.0 Å². The molecule has 1 heterocycles. The summed E-state index contributed by atoms with van der Waals surface area (Å²) in [6.07, 6.45) is 0.874. The molecule has 19 heavy (non-hydrogen) atoms. The second-order valence-corrected chi connectivity index (χ2v) is 4.81. The highest BCUT2D eigenvalue weighted by Gasteiger charge is 2.26. The number of likely N-dealkylation sites (tertiary alicyclic amines) is 1. The molecule has 0 aliphatic carbocycles. The minimum atomic E-state index is -0.406. The molecule has 0 saturated carbocycles. The summed E-state index contributed by atoms with van der Waals surface area (Å²) in [4.78, 5) is 25.6. The average molecular weight is 262 g/mol. The van der Waals surface area contributed by atoms with E-state index in [1.54, 1.807) is 24.3 Å². The molecule has 0 bridgehead atoms. The number of amides is 1. The van der Waals surface area contributed by atoms with Crippen LogP contribution in [-0.4, -0.2) is 44.0 Å². The molecule has 0 spiro atoms. The molecule has 1 aromatic rings. The third-order valence-electron chi connectivity index (χ3n) is 3.31. The molecular weight excluding hydrogens is 244 g/mol. The highest BCUT2D eigenvalue weighted by molar-refractivity contribution is 5.95. The molecule has 5 nitrogen and oxygen atoms in total. The molecule has 1 aliphatic heterocycles. The van der Waals surface area contributed by atoms with Gasteiger partial charge in [0.25, 0.3) is 0 Å². The Morgan fingerprint density at radius 2 is 2.21 bits per heavy atom. The number of hydrogen-bond donors (Lipinski definition) is 1. The molecule has 1 aliphatic rings. The van der Waals surface area contributed by atoms with Crippen LogP contribution >= 0.6 is 0 Å². The van der Waals surface area contributed by atoms with Gasteiger partial charge in [0.2, 0.25) is 5.91 Å². The topological polar surface area (TPSA) is 58.6 Å². The summed E-state index contributed by atoms with van der Waals surface area (Å²) in [6.45, 7) is 1.73. The second kappa shape index (κ2) is 5.84. The first-order valence-electron chi connectivity index (χ1n) is 6.28. The number of anilines is 1. The Bertz CT molecular complexity index is 487. The molecule has 1 fully saturated rings. The lowest BCUT2D eigenvalue weighted by atomic mass is 10.1. The minimum Gasteiger partial charge on any atom is -0.465 e. The largest absolute Gasteiger partial charge is 0.465 e. The number of carbonyl (C=O) groups excluding carboxylic acids is 2. The number of hydrogen-bond acceptors (Lipinski definition) is 4. The summed E-state index contributed by atoms with van der Waals surface area (Å²) in [5.74, 6) is -0.380. The van der Waals surface area contributed by atoms with Crippen LogP contribution in [-0.2, 0) is 9.53 Å². The van der Waals surface area contributed by atoms with Gasteiger partial charge >= 0.3 is 5.97 Å². The van der Waals surface area contributed by atoms with Gasteiger partial charge in [0.1, 0.15) is 0 Å². The number of methoxy groups -OCH3 is 1. The number of esters is 1. The lowest BCUT2D eigenvalue weighted by Crippen LogP contribution is -2.25. The van der Waals surface area contributed by atoms with Crippen molar-refractivity contribution in [3.63, 3.8) is 0 Å². The highest BCUT2D eigenvalue weighted by atomic mass is 16.5. The van der Waals surface area contributed by atoms with Crippen LogP contribution < -0.4 is 5.32 Å². The smallest absolute Gasteiger partial charge is 0.337 e. The average Bonchev–Trinajstić information content (AvgIpc) is 2.85. The number of nitrogens with one attached hydrogen (secondary N) is 1. The fourth-order valence-electron chi connectivity index (χ4n) is 2.24. The lowest BCUT2D eigenvalue weighted by Gasteiger charge is -2.11. The van der Waals surface area contributed by atoms with E-state index >= 15 is 0 Å². The van der Waals surface area contributed by atoms with Crippen LogP contribution in [0.4, 0.5) is 5.69 Å². The summed E-state index contributed by atoms with van der Waals surface area (Å²) in [5.41, 5.74) is 1.06. The number of ether oxygens (including phenoxy) is 1. The van der Waals surface area contributed by atoms with Crippen molar-refractivity contribution in [1.29, 1.82) is 0 Å². The monoisotopic (exact) mass is 262 g/mol. The third kappa shape index (κ3) is 3.32. The van der Waals surface area contributed by atoms with E-state index in [1.165, 1.54) is 7.11 Å². The fourth-order valence-corrected chi connectivity index (χ4v) is 2.24. The first-order valence-corrected chi connectivity index (χ1v) is 6.28. The van der Waals surface area contributed by atoms with Crippen molar-refractivity contribution in [2.75, 3.05) is 32.6 Å². The van der Waals surface area contributed by atoms with E-state index < -0.39 is 5.97 Å². The first-order chi connectivity index (χ1) is 9.10. The second-order valence-electron chi connectivity index (χ2n) is 4.81. The molecule has 102 valence electrons. The molecule has 1 unspecified atom stereocenters. The van der Waals surface area contributed by atoms with Crippen molar-refractivity contribution in [3.8, 4) is 0 Å². The van der Waals surface area contributed by atoms with Gasteiger partial charge in [-0.25, -0.2) is 4.79 Å². The molecule has 1 aromatic carbocycles. The molecule has 0 aromatic heterocycles. The van der Waals surface area contributed by atoms with Crippen molar-refractivity contribution in [2.45, 2.75) is 6.42 Å². The Morgan fingerprint density at radius 3 is 2.84 bits per heavy atom. The van der Waals surface area contributed by atoms with E-state index in [4.69, 9.17) is 0 Å². The molecule has 1 atom stereocenters. The van der Waals surface area contributed by atoms with Crippen molar-refractivity contribution < 1.29 is 14.3 Å².